The number of hydrogen-bond donors (Lipinski definition) is 1. The van der Waals surface area contributed by atoms with Gasteiger partial charge in [-0.2, -0.15) is 0 Å². The summed E-state index contributed by atoms with van der Waals surface area (Å²) in [6, 6.07) is 7.15. The number of hydrogen-bond acceptors (Lipinski definition) is 2. The second-order valence-corrected chi connectivity index (χ2v) is 5.07. The summed E-state index contributed by atoms with van der Waals surface area (Å²) in [6.07, 6.45) is 3.39. The van der Waals surface area contributed by atoms with E-state index in [9.17, 15) is 14.7 Å². The van der Waals surface area contributed by atoms with E-state index < -0.39 is 11.9 Å². The van der Waals surface area contributed by atoms with Crippen molar-refractivity contribution in [2.75, 3.05) is 0 Å². The SMILES string of the molecule is CC(C(=O)O)c1ccccc1-n1ccn(C(C)C)c1=O. The highest BCUT2D eigenvalue weighted by Gasteiger charge is 2.19. The van der Waals surface area contributed by atoms with Crippen LogP contribution in [0.3, 0.4) is 0 Å². The van der Waals surface area contributed by atoms with Crippen LogP contribution in [0.15, 0.2) is 41.5 Å². The molecular weight excluding hydrogens is 256 g/mol. The van der Waals surface area contributed by atoms with Gasteiger partial charge in [-0.05, 0) is 32.4 Å². The highest BCUT2D eigenvalue weighted by molar-refractivity contribution is 5.77. The van der Waals surface area contributed by atoms with Gasteiger partial charge in [0.1, 0.15) is 0 Å². The number of carbonyl (C=O) groups is 1. The minimum atomic E-state index is -0.909. The summed E-state index contributed by atoms with van der Waals surface area (Å²) in [5.41, 5.74) is 1.08. The molecule has 0 spiro atoms. The first-order valence-electron chi connectivity index (χ1n) is 6.55. The second kappa shape index (κ2) is 5.36. The minimum absolute atomic E-state index is 0.0628. The lowest BCUT2D eigenvalue weighted by atomic mass is 9.99. The maximum absolute atomic E-state index is 12.3. The van der Waals surface area contributed by atoms with Gasteiger partial charge >= 0.3 is 11.7 Å². The van der Waals surface area contributed by atoms with E-state index in [1.807, 2.05) is 13.8 Å². The number of para-hydroxylation sites is 1. The third-order valence-electron chi connectivity index (χ3n) is 3.39. The maximum atomic E-state index is 12.3. The highest BCUT2D eigenvalue weighted by Crippen LogP contribution is 2.22. The average Bonchev–Trinajstić information content (AvgIpc) is 2.79. The molecule has 0 bridgehead atoms. The molecule has 5 heteroatoms. The fourth-order valence-electron chi connectivity index (χ4n) is 2.17. The Bertz CT molecular complexity index is 682. The average molecular weight is 274 g/mol. The van der Waals surface area contributed by atoms with Crippen LogP contribution in [0.4, 0.5) is 0 Å². The smallest absolute Gasteiger partial charge is 0.332 e. The normalized spacial score (nSPS) is 12.6. The lowest BCUT2D eigenvalue weighted by Gasteiger charge is -2.13. The minimum Gasteiger partial charge on any atom is -0.481 e. The molecule has 1 aromatic carbocycles. The van der Waals surface area contributed by atoms with Crippen LogP contribution in [-0.4, -0.2) is 20.2 Å². The van der Waals surface area contributed by atoms with Gasteiger partial charge in [0.25, 0.3) is 0 Å². The first-order chi connectivity index (χ1) is 9.43. The van der Waals surface area contributed by atoms with E-state index in [1.54, 1.807) is 48.1 Å². The summed E-state index contributed by atoms with van der Waals surface area (Å²) in [5, 5.41) is 9.18. The molecule has 0 amide bonds. The molecule has 0 saturated heterocycles. The molecule has 5 nitrogen and oxygen atoms in total. The molecule has 1 unspecified atom stereocenters. The standard InChI is InChI=1S/C15H18N2O3/c1-10(2)16-8-9-17(15(16)20)13-7-5-4-6-12(13)11(3)14(18)19/h4-11H,1-3H3,(H,18,19). The fraction of sp³-hybridized carbons (Fsp3) is 0.333. The van der Waals surface area contributed by atoms with Gasteiger partial charge in [-0.1, -0.05) is 18.2 Å². The molecule has 0 saturated carbocycles. The Morgan fingerprint density at radius 1 is 1.15 bits per heavy atom. The molecule has 1 aromatic heterocycles. The van der Waals surface area contributed by atoms with Crippen molar-refractivity contribution in [3.63, 3.8) is 0 Å². The van der Waals surface area contributed by atoms with Gasteiger partial charge in [-0.25, -0.2) is 4.79 Å². The van der Waals surface area contributed by atoms with Crippen molar-refractivity contribution in [1.29, 1.82) is 0 Å². The lowest BCUT2D eigenvalue weighted by molar-refractivity contribution is -0.138. The quantitative estimate of drug-likeness (QED) is 0.931. The van der Waals surface area contributed by atoms with Crippen molar-refractivity contribution in [1.82, 2.24) is 9.13 Å². The van der Waals surface area contributed by atoms with Gasteiger partial charge in [-0.15, -0.1) is 0 Å². The summed E-state index contributed by atoms with van der Waals surface area (Å²) in [6.45, 7) is 5.47. The molecule has 0 radical (unpaired) electrons. The van der Waals surface area contributed by atoms with Gasteiger partial charge in [0.15, 0.2) is 0 Å². The maximum Gasteiger partial charge on any atom is 0.332 e. The molecule has 0 aliphatic rings. The van der Waals surface area contributed by atoms with Gasteiger partial charge in [0.05, 0.1) is 11.6 Å². The Kier molecular flexibility index (Phi) is 3.79. The topological polar surface area (TPSA) is 64.2 Å². The van der Waals surface area contributed by atoms with E-state index in [1.165, 1.54) is 4.57 Å². The van der Waals surface area contributed by atoms with Crippen molar-refractivity contribution in [2.24, 2.45) is 0 Å². The van der Waals surface area contributed by atoms with Gasteiger partial charge in [0, 0.05) is 18.4 Å². The number of aromatic nitrogens is 2. The molecule has 0 aliphatic heterocycles. The second-order valence-electron chi connectivity index (χ2n) is 5.07. The van der Waals surface area contributed by atoms with Crippen LogP contribution in [0, 0.1) is 0 Å². The molecule has 106 valence electrons. The van der Waals surface area contributed by atoms with E-state index in [-0.39, 0.29) is 11.7 Å². The Morgan fingerprint density at radius 3 is 2.35 bits per heavy atom. The molecule has 1 heterocycles. The summed E-state index contributed by atoms with van der Waals surface area (Å²) in [5.74, 6) is -1.57. The largest absolute Gasteiger partial charge is 0.481 e. The van der Waals surface area contributed by atoms with Crippen molar-refractivity contribution in [2.45, 2.75) is 32.7 Å². The van der Waals surface area contributed by atoms with E-state index in [0.29, 0.717) is 11.3 Å². The lowest BCUT2D eigenvalue weighted by Crippen LogP contribution is -2.25. The third kappa shape index (κ3) is 2.39. The van der Waals surface area contributed by atoms with Gasteiger partial charge < -0.3 is 5.11 Å². The Balaban J connectivity index is 2.60. The molecule has 20 heavy (non-hydrogen) atoms. The number of nitrogens with zero attached hydrogens (tertiary/aromatic N) is 2. The van der Waals surface area contributed by atoms with Gasteiger partial charge in [0.2, 0.25) is 0 Å². The van der Waals surface area contributed by atoms with Gasteiger partial charge in [-0.3, -0.25) is 13.9 Å². The Hall–Kier alpha value is -2.30. The summed E-state index contributed by atoms with van der Waals surface area (Å²) >= 11 is 0. The highest BCUT2D eigenvalue weighted by atomic mass is 16.4. The van der Waals surface area contributed by atoms with E-state index >= 15 is 0 Å². The predicted molar refractivity (Wildman–Crippen MR) is 76.5 cm³/mol. The van der Waals surface area contributed by atoms with E-state index in [4.69, 9.17) is 0 Å². The van der Waals surface area contributed by atoms with Crippen LogP contribution in [-0.2, 0) is 4.79 Å². The molecule has 2 rings (SSSR count). The van der Waals surface area contributed by atoms with E-state index in [0.717, 1.165) is 0 Å². The molecule has 2 aromatic rings. The molecule has 0 aliphatic carbocycles. The Labute approximate surface area is 117 Å². The summed E-state index contributed by atoms with van der Waals surface area (Å²) < 4.78 is 3.11. The number of imidazole rings is 1. The fourth-order valence-corrected chi connectivity index (χ4v) is 2.17. The molecule has 1 atom stereocenters. The number of benzene rings is 1. The molecular formula is C15H18N2O3. The van der Waals surface area contributed by atoms with Crippen LogP contribution in [0.2, 0.25) is 0 Å². The zero-order valence-electron chi connectivity index (χ0n) is 11.8. The van der Waals surface area contributed by atoms with E-state index in [2.05, 4.69) is 0 Å². The number of aliphatic carboxylic acids is 1. The number of carboxylic acids is 1. The zero-order valence-corrected chi connectivity index (χ0v) is 11.8. The number of rotatable bonds is 4. The summed E-state index contributed by atoms with van der Waals surface area (Å²) in [4.78, 5) is 23.5. The monoisotopic (exact) mass is 274 g/mol. The first-order valence-corrected chi connectivity index (χ1v) is 6.55. The Morgan fingerprint density at radius 2 is 1.80 bits per heavy atom. The zero-order chi connectivity index (χ0) is 14.9. The van der Waals surface area contributed by atoms with Crippen LogP contribution in [0.1, 0.15) is 38.3 Å². The molecule has 0 fully saturated rings. The predicted octanol–water partition coefficient (Wildman–Crippen LogP) is 2.41. The first kappa shape index (κ1) is 14.1. The van der Waals surface area contributed by atoms with Crippen LogP contribution < -0.4 is 5.69 Å². The van der Waals surface area contributed by atoms with Crippen molar-refractivity contribution >= 4 is 5.97 Å². The molecule has 1 N–H and O–H groups in total. The number of carboxylic acid groups (broad SMARTS) is 1. The van der Waals surface area contributed by atoms with Crippen LogP contribution >= 0.6 is 0 Å². The summed E-state index contributed by atoms with van der Waals surface area (Å²) in [7, 11) is 0. The van der Waals surface area contributed by atoms with Crippen LogP contribution in [0.5, 0.6) is 0 Å². The third-order valence-corrected chi connectivity index (χ3v) is 3.39. The van der Waals surface area contributed by atoms with Crippen molar-refractivity contribution in [3.05, 3.63) is 52.7 Å². The van der Waals surface area contributed by atoms with Crippen LogP contribution in [0.25, 0.3) is 5.69 Å². The van der Waals surface area contributed by atoms with Crippen molar-refractivity contribution in [3.8, 4) is 5.69 Å². The van der Waals surface area contributed by atoms with Crippen molar-refractivity contribution < 1.29 is 9.90 Å².